The third-order valence-electron chi connectivity index (χ3n) is 5.07. The van der Waals surface area contributed by atoms with Crippen LogP contribution < -0.4 is 10.1 Å². The Balaban J connectivity index is 1.73. The largest absolute Gasteiger partial charge is 0.497 e. The molecule has 1 amide bonds. The van der Waals surface area contributed by atoms with Crippen LogP contribution in [0.5, 0.6) is 5.75 Å². The quantitative estimate of drug-likeness (QED) is 0.832. The summed E-state index contributed by atoms with van der Waals surface area (Å²) in [6, 6.07) is 12.5. The first kappa shape index (κ1) is 20.4. The summed E-state index contributed by atoms with van der Waals surface area (Å²) in [5.41, 5.74) is 2.28. The maximum absolute atomic E-state index is 13.1. The summed E-state index contributed by atoms with van der Waals surface area (Å²) >= 11 is 0. The van der Waals surface area contributed by atoms with Crippen molar-refractivity contribution in [3.8, 4) is 5.75 Å². The molecule has 7 heteroatoms. The smallest absolute Gasteiger partial charge is 0.243 e. The molecule has 0 aromatic heterocycles. The van der Waals surface area contributed by atoms with Crippen LogP contribution in [0, 0.1) is 19.8 Å². The van der Waals surface area contributed by atoms with Gasteiger partial charge in [0, 0.05) is 18.8 Å². The van der Waals surface area contributed by atoms with Gasteiger partial charge in [0.1, 0.15) is 5.75 Å². The highest BCUT2D eigenvalue weighted by Gasteiger charge is 2.34. The molecule has 1 atom stereocenters. The van der Waals surface area contributed by atoms with Gasteiger partial charge in [-0.05, 0) is 68.1 Å². The monoisotopic (exact) mass is 402 g/mol. The van der Waals surface area contributed by atoms with Gasteiger partial charge in [-0.3, -0.25) is 4.79 Å². The number of aryl methyl sites for hydroxylation is 2. The van der Waals surface area contributed by atoms with Crippen molar-refractivity contribution in [3.63, 3.8) is 0 Å². The van der Waals surface area contributed by atoms with E-state index in [0.29, 0.717) is 35.7 Å². The number of piperidine rings is 1. The highest BCUT2D eigenvalue weighted by Crippen LogP contribution is 2.27. The Morgan fingerprint density at radius 3 is 2.54 bits per heavy atom. The van der Waals surface area contributed by atoms with Crippen molar-refractivity contribution in [1.82, 2.24) is 4.31 Å². The zero-order chi connectivity index (χ0) is 20.3. The second kappa shape index (κ2) is 8.32. The van der Waals surface area contributed by atoms with Crippen LogP contribution in [0.1, 0.15) is 24.0 Å². The number of nitrogens with zero attached hydrogens (tertiary/aromatic N) is 1. The first-order valence-electron chi connectivity index (χ1n) is 9.33. The number of sulfonamides is 1. The van der Waals surface area contributed by atoms with E-state index < -0.39 is 10.0 Å². The summed E-state index contributed by atoms with van der Waals surface area (Å²) in [5.74, 6) is 0.170. The minimum atomic E-state index is -3.63. The van der Waals surface area contributed by atoms with Crippen molar-refractivity contribution in [2.75, 3.05) is 25.5 Å². The first-order chi connectivity index (χ1) is 13.3. The molecule has 6 nitrogen and oxygen atoms in total. The number of benzene rings is 2. The topological polar surface area (TPSA) is 75.7 Å². The van der Waals surface area contributed by atoms with Gasteiger partial charge in [-0.15, -0.1) is 0 Å². The summed E-state index contributed by atoms with van der Waals surface area (Å²) in [6.45, 7) is 4.30. The molecule has 1 aliphatic heterocycles. The van der Waals surface area contributed by atoms with Crippen LogP contribution in [0.3, 0.4) is 0 Å². The lowest BCUT2D eigenvalue weighted by Crippen LogP contribution is -2.43. The van der Waals surface area contributed by atoms with E-state index in [4.69, 9.17) is 4.74 Å². The van der Waals surface area contributed by atoms with E-state index in [-0.39, 0.29) is 18.4 Å². The van der Waals surface area contributed by atoms with Crippen LogP contribution >= 0.6 is 0 Å². The average molecular weight is 403 g/mol. The second-order valence-electron chi connectivity index (χ2n) is 7.19. The standard InChI is InChI=1S/C21H26N2O4S/c1-15-6-7-16(2)20(13-15)28(25,26)23-12-4-5-17(14-23)21(24)22-18-8-10-19(27-3)11-9-18/h6-11,13,17H,4-5,12,14H2,1-3H3,(H,22,24). The Bertz CT molecular complexity index is 955. The Hall–Kier alpha value is -2.38. The third kappa shape index (κ3) is 4.36. The van der Waals surface area contributed by atoms with Crippen molar-refractivity contribution in [2.45, 2.75) is 31.6 Å². The van der Waals surface area contributed by atoms with Gasteiger partial charge >= 0.3 is 0 Å². The summed E-state index contributed by atoms with van der Waals surface area (Å²) in [5, 5.41) is 2.88. The number of amides is 1. The Morgan fingerprint density at radius 2 is 1.86 bits per heavy atom. The number of methoxy groups -OCH3 is 1. The molecule has 1 unspecified atom stereocenters. The molecule has 1 N–H and O–H groups in total. The molecule has 150 valence electrons. The summed E-state index contributed by atoms with van der Waals surface area (Å²) in [7, 11) is -2.04. The Labute approximate surface area is 166 Å². The number of ether oxygens (including phenoxy) is 1. The van der Waals surface area contributed by atoms with Gasteiger partial charge < -0.3 is 10.1 Å². The predicted molar refractivity (Wildman–Crippen MR) is 109 cm³/mol. The van der Waals surface area contributed by atoms with Crippen molar-refractivity contribution in [3.05, 3.63) is 53.6 Å². The molecule has 28 heavy (non-hydrogen) atoms. The normalized spacial score (nSPS) is 17.9. The van der Waals surface area contributed by atoms with Crippen molar-refractivity contribution in [2.24, 2.45) is 5.92 Å². The molecule has 2 aromatic carbocycles. The van der Waals surface area contributed by atoms with Crippen LogP contribution in [-0.2, 0) is 14.8 Å². The molecule has 0 spiro atoms. The number of anilines is 1. The predicted octanol–water partition coefficient (Wildman–Crippen LogP) is 3.35. The maximum Gasteiger partial charge on any atom is 0.243 e. The van der Waals surface area contributed by atoms with E-state index in [1.165, 1.54) is 4.31 Å². The average Bonchev–Trinajstić information content (AvgIpc) is 2.70. The summed E-state index contributed by atoms with van der Waals surface area (Å²) in [6.07, 6.45) is 1.33. The van der Waals surface area contributed by atoms with Crippen LogP contribution in [0.2, 0.25) is 0 Å². The lowest BCUT2D eigenvalue weighted by atomic mass is 9.99. The number of nitrogens with one attached hydrogen (secondary N) is 1. The number of rotatable bonds is 5. The molecule has 1 aliphatic rings. The van der Waals surface area contributed by atoms with E-state index in [2.05, 4.69) is 5.32 Å². The van der Waals surface area contributed by atoms with Crippen molar-refractivity contribution >= 4 is 21.6 Å². The van der Waals surface area contributed by atoms with Gasteiger partial charge in [-0.2, -0.15) is 4.31 Å². The van der Waals surface area contributed by atoms with Crippen molar-refractivity contribution < 1.29 is 17.9 Å². The maximum atomic E-state index is 13.1. The van der Waals surface area contributed by atoms with E-state index in [1.807, 2.05) is 19.1 Å². The highest BCUT2D eigenvalue weighted by molar-refractivity contribution is 7.89. The molecule has 1 fully saturated rings. The second-order valence-corrected chi connectivity index (χ2v) is 9.10. The molecule has 1 saturated heterocycles. The SMILES string of the molecule is COc1ccc(NC(=O)C2CCCN(S(=O)(=O)c3cc(C)ccc3C)C2)cc1. The lowest BCUT2D eigenvalue weighted by molar-refractivity contribution is -0.120. The fraction of sp³-hybridized carbons (Fsp3) is 0.381. The minimum absolute atomic E-state index is 0.161. The molecule has 2 aromatic rings. The Kier molecular flexibility index (Phi) is 6.05. The first-order valence-corrected chi connectivity index (χ1v) is 10.8. The van der Waals surface area contributed by atoms with Gasteiger partial charge in [-0.25, -0.2) is 8.42 Å². The number of hydrogen-bond donors (Lipinski definition) is 1. The zero-order valence-electron chi connectivity index (χ0n) is 16.4. The Morgan fingerprint density at radius 1 is 1.14 bits per heavy atom. The fourth-order valence-electron chi connectivity index (χ4n) is 3.42. The summed E-state index contributed by atoms with van der Waals surface area (Å²) in [4.78, 5) is 13.0. The third-order valence-corrected chi connectivity index (χ3v) is 7.08. The molecule has 0 saturated carbocycles. The number of carbonyl (C=O) groups excluding carboxylic acids is 1. The van der Waals surface area contributed by atoms with Crippen LogP contribution in [0.25, 0.3) is 0 Å². The molecular weight excluding hydrogens is 376 g/mol. The molecule has 0 aliphatic carbocycles. The van der Waals surface area contributed by atoms with Gasteiger partial charge in [0.05, 0.1) is 17.9 Å². The van der Waals surface area contributed by atoms with Gasteiger partial charge in [-0.1, -0.05) is 12.1 Å². The van der Waals surface area contributed by atoms with Gasteiger partial charge in [0.15, 0.2) is 0 Å². The van der Waals surface area contributed by atoms with Crippen molar-refractivity contribution in [1.29, 1.82) is 0 Å². The molecule has 1 heterocycles. The number of carbonyl (C=O) groups is 1. The molecule has 3 rings (SSSR count). The van der Waals surface area contributed by atoms with Gasteiger partial charge in [0.25, 0.3) is 0 Å². The lowest BCUT2D eigenvalue weighted by Gasteiger charge is -2.31. The van der Waals surface area contributed by atoms with E-state index in [9.17, 15) is 13.2 Å². The van der Waals surface area contributed by atoms with Crippen LogP contribution in [0.4, 0.5) is 5.69 Å². The fourth-order valence-corrected chi connectivity index (χ4v) is 5.25. The van der Waals surface area contributed by atoms with Crippen LogP contribution in [-0.4, -0.2) is 38.8 Å². The molecule has 0 radical (unpaired) electrons. The zero-order valence-corrected chi connectivity index (χ0v) is 17.3. The van der Waals surface area contributed by atoms with E-state index >= 15 is 0 Å². The number of hydrogen-bond acceptors (Lipinski definition) is 4. The highest BCUT2D eigenvalue weighted by atomic mass is 32.2. The molecular formula is C21H26N2O4S. The van der Waals surface area contributed by atoms with Crippen LogP contribution in [0.15, 0.2) is 47.4 Å². The summed E-state index contributed by atoms with van der Waals surface area (Å²) < 4.78 is 32.8. The minimum Gasteiger partial charge on any atom is -0.497 e. The van der Waals surface area contributed by atoms with E-state index in [1.54, 1.807) is 44.4 Å². The van der Waals surface area contributed by atoms with Gasteiger partial charge in [0.2, 0.25) is 15.9 Å². The molecule has 0 bridgehead atoms. The van der Waals surface area contributed by atoms with E-state index in [0.717, 1.165) is 11.1 Å².